The summed E-state index contributed by atoms with van der Waals surface area (Å²) >= 11 is 0. The topological polar surface area (TPSA) is 71.8 Å². The Balaban J connectivity index is 1.93. The van der Waals surface area contributed by atoms with Crippen LogP contribution in [-0.2, 0) is 20.6 Å². The van der Waals surface area contributed by atoms with Crippen LogP contribution in [0.3, 0.4) is 0 Å². The second kappa shape index (κ2) is 7.12. The highest BCUT2D eigenvalue weighted by molar-refractivity contribution is 6.08. The van der Waals surface area contributed by atoms with Gasteiger partial charge in [0.2, 0.25) is 0 Å². The van der Waals surface area contributed by atoms with Gasteiger partial charge in [0.1, 0.15) is 5.75 Å². The SMILES string of the molecule is CCn1cc(-n2c(=O)n(C)c3ccc4cc(OC)c(-c5cn(C)nc5C)cc4c32)c(C)n1. The maximum Gasteiger partial charge on any atom is 0.333 e. The molecule has 0 unspecified atom stereocenters. The van der Waals surface area contributed by atoms with E-state index in [9.17, 15) is 4.79 Å². The zero-order valence-corrected chi connectivity index (χ0v) is 19.2. The largest absolute Gasteiger partial charge is 0.496 e. The first kappa shape index (κ1) is 20.1. The van der Waals surface area contributed by atoms with E-state index >= 15 is 0 Å². The molecule has 8 nitrogen and oxygen atoms in total. The Hall–Kier alpha value is -3.81. The number of ether oxygens (including phenoxy) is 1. The average Bonchev–Trinajstić information content (AvgIpc) is 3.40. The molecule has 0 saturated carbocycles. The molecule has 5 rings (SSSR count). The van der Waals surface area contributed by atoms with E-state index in [0.29, 0.717) is 0 Å². The molecule has 0 radical (unpaired) electrons. The third kappa shape index (κ3) is 2.79. The molecule has 0 amide bonds. The highest BCUT2D eigenvalue weighted by Crippen LogP contribution is 2.38. The van der Waals surface area contributed by atoms with Gasteiger partial charge in [0.05, 0.1) is 35.2 Å². The predicted molar refractivity (Wildman–Crippen MR) is 126 cm³/mol. The van der Waals surface area contributed by atoms with Crippen molar-refractivity contribution < 1.29 is 4.74 Å². The van der Waals surface area contributed by atoms with Gasteiger partial charge in [-0.05, 0) is 44.4 Å². The van der Waals surface area contributed by atoms with E-state index in [4.69, 9.17) is 4.74 Å². The van der Waals surface area contributed by atoms with Gasteiger partial charge in [-0.3, -0.25) is 18.5 Å². The number of hydrogen-bond donors (Lipinski definition) is 0. The number of fused-ring (bicyclic) bond motifs is 3. The molecule has 8 heteroatoms. The molecular weight excluding hydrogens is 404 g/mol. The van der Waals surface area contributed by atoms with E-state index in [1.165, 1.54) is 0 Å². The summed E-state index contributed by atoms with van der Waals surface area (Å²) < 4.78 is 12.9. The molecule has 5 aromatic rings. The van der Waals surface area contributed by atoms with Crippen molar-refractivity contribution in [1.29, 1.82) is 0 Å². The van der Waals surface area contributed by atoms with Crippen molar-refractivity contribution in [2.24, 2.45) is 14.1 Å². The summed E-state index contributed by atoms with van der Waals surface area (Å²) in [6, 6.07) is 8.16. The molecule has 0 bridgehead atoms. The van der Waals surface area contributed by atoms with E-state index < -0.39 is 0 Å². The lowest BCUT2D eigenvalue weighted by Crippen LogP contribution is -2.21. The summed E-state index contributed by atoms with van der Waals surface area (Å²) in [5.74, 6) is 0.771. The minimum absolute atomic E-state index is 0.0961. The monoisotopic (exact) mass is 430 g/mol. The lowest BCUT2D eigenvalue weighted by atomic mass is 9.99. The predicted octanol–water partition coefficient (Wildman–Crippen LogP) is 3.72. The molecule has 0 fully saturated rings. The molecule has 164 valence electrons. The van der Waals surface area contributed by atoms with Crippen molar-refractivity contribution in [2.75, 3.05) is 7.11 Å². The molecule has 0 N–H and O–H groups in total. The van der Waals surface area contributed by atoms with E-state index in [1.54, 1.807) is 20.9 Å². The standard InChI is InChI=1S/C24H26N6O2/c1-7-29-13-21(15(3)26-29)30-23-17-11-18(19-12-27(4)25-14(19)2)22(32-6)10-16(17)8-9-20(23)28(5)24(30)31/h8-13H,7H2,1-6H3. The van der Waals surface area contributed by atoms with Gasteiger partial charge in [-0.25, -0.2) is 4.79 Å². The van der Waals surface area contributed by atoms with E-state index in [1.807, 2.05) is 70.1 Å². The van der Waals surface area contributed by atoms with Crippen LogP contribution in [0.5, 0.6) is 5.75 Å². The molecule has 32 heavy (non-hydrogen) atoms. The number of methoxy groups -OCH3 is 1. The number of aromatic nitrogens is 6. The van der Waals surface area contributed by atoms with E-state index in [2.05, 4.69) is 16.3 Å². The number of benzene rings is 2. The van der Waals surface area contributed by atoms with Gasteiger partial charge in [-0.1, -0.05) is 6.07 Å². The summed E-state index contributed by atoms with van der Waals surface area (Å²) in [5.41, 5.74) is 6.11. The summed E-state index contributed by atoms with van der Waals surface area (Å²) in [6.45, 7) is 6.70. The Bertz CT molecular complexity index is 1560. The Morgan fingerprint density at radius 2 is 1.78 bits per heavy atom. The fraction of sp³-hybridized carbons (Fsp3) is 0.292. The van der Waals surface area contributed by atoms with Crippen LogP contribution in [0.25, 0.3) is 38.6 Å². The van der Waals surface area contributed by atoms with Crippen LogP contribution in [0.15, 0.2) is 41.5 Å². The van der Waals surface area contributed by atoms with Gasteiger partial charge >= 0.3 is 5.69 Å². The van der Waals surface area contributed by atoms with Crippen LogP contribution < -0.4 is 10.4 Å². The minimum Gasteiger partial charge on any atom is -0.496 e. The quantitative estimate of drug-likeness (QED) is 0.436. The van der Waals surface area contributed by atoms with Gasteiger partial charge in [-0.15, -0.1) is 0 Å². The zero-order valence-electron chi connectivity index (χ0n) is 19.2. The summed E-state index contributed by atoms with van der Waals surface area (Å²) in [5, 5.41) is 11.0. The van der Waals surface area contributed by atoms with Crippen LogP contribution in [0.2, 0.25) is 0 Å². The van der Waals surface area contributed by atoms with Gasteiger partial charge in [0.15, 0.2) is 0 Å². The van der Waals surface area contributed by atoms with Gasteiger partial charge in [0, 0.05) is 49.5 Å². The van der Waals surface area contributed by atoms with Gasteiger partial charge in [0.25, 0.3) is 0 Å². The fourth-order valence-electron chi connectivity index (χ4n) is 4.53. The Kier molecular flexibility index (Phi) is 4.47. The normalized spacial score (nSPS) is 11.7. The third-order valence-electron chi connectivity index (χ3n) is 6.14. The number of aryl methyl sites for hydroxylation is 5. The Morgan fingerprint density at radius 3 is 2.41 bits per heavy atom. The molecule has 0 aliphatic heterocycles. The molecule has 0 atom stereocenters. The van der Waals surface area contributed by atoms with Crippen molar-refractivity contribution in [3.8, 4) is 22.6 Å². The van der Waals surface area contributed by atoms with Crippen molar-refractivity contribution in [3.63, 3.8) is 0 Å². The van der Waals surface area contributed by atoms with Crippen LogP contribution in [0.4, 0.5) is 0 Å². The highest BCUT2D eigenvalue weighted by atomic mass is 16.5. The van der Waals surface area contributed by atoms with Crippen LogP contribution in [0, 0.1) is 13.8 Å². The number of hydrogen-bond acceptors (Lipinski definition) is 4. The van der Waals surface area contributed by atoms with Crippen molar-refractivity contribution in [1.82, 2.24) is 28.7 Å². The van der Waals surface area contributed by atoms with Crippen LogP contribution >= 0.6 is 0 Å². The maximum absolute atomic E-state index is 13.4. The second-order valence-corrected chi connectivity index (χ2v) is 8.14. The average molecular weight is 431 g/mol. The van der Waals surface area contributed by atoms with E-state index in [0.717, 1.165) is 62.3 Å². The fourth-order valence-corrected chi connectivity index (χ4v) is 4.53. The first-order valence-corrected chi connectivity index (χ1v) is 10.6. The van der Waals surface area contributed by atoms with Crippen LogP contribution in [0.1, 0.15) is 18.3 Å². The molecule has 2 aromatic carbocycles. The summed E-state index contributed by atoms with van der Waals surface area (Å²) in [4.78, 5) is 13.4. The minimum atomic E-state index is -0.0961. The van der Waals surface area contributed by atoms with Crippen molar-refractivity contribution in [2.45, 2.75) is 27.3 Å². The number of rotatable bonds is 4. The molecule has 0 spiro atoms. The van der Waals surface area contributed by atoms with E-state index in [-0.39, 0.29) is 5.69 Å². The lowest BCUT2D eigenvalue weighted by Gasteiger charge is -2.12. The van der Waals surface area contributed by atoms with Crippen molar-refractivity contribution in [3.05, 3.63) is 58.5 Å². The lowest BCUT2D eigenvalue weighted by molar-refractivity contribution is 0.417. The number of nitrogens with zero attached hydrogens (tertiary/aromatic N) is 6. The first-order valence-electron chi connectivity index (χ1n) is 10.6. The zero-order chi connectivity index (χ0) is 22.7. The highest BCUT2D eigenvalue weighted by Gasteiger charge is 2.21. The van der Waals surface area contributed by atoms with Gasteiger partial charge < -0.3 is 4.74 Å². The molecule has 3 aromatic heterocycles. The third-order valence-corrected chi connectivity index (χ3v) is 6.14. The summed E-state index contributed by atoms with van der Waals surface area (Å²) in [6.07, 6.45) is 3.93. The second-order valence-electron chi connectivity index (χ2n) is 8.14. The molecule has 3 heterocycles. The van der Waals surface area contributed by atoms with Crippen molar-refractivity contribution >= 4 is 21.8 Å². The molecule has 0 aliphatic carbocycles. The molecule has 0 aliphatic rings. The maximum atomic E-state index is 13.4. The van der Waals surface area contributed by atoms with Gasteiger partial charge in [-0.2, -0.15) is 10.2 Å². The molecular formula is C24H26N6O2. The first-order chi connectivity index (χ1) is 15.3. The molecule has 0 saturated heterocycles. The Morgan fingerprint density at radius 1 is 1.00 bits per heavy atom. The smallest absolute Gasteiger partial charge is 0.333 e. The number of imidazole rings is 1. The van der Waals surface area contributed by atoms with Crippen LogP contribution in [-0.4, -0.2) is 35.8 Å². The summed E-state index contributed by atoms with van der Waals surface area (Å²) in [7, 11) is 5.39. The Labute approximate surface area is 185 Å².